The Labute approximate surface area is 129 Å². The van der Waals surface area contributed by atoms with Crippen molar-refractivity contribution in [3.8, 4) is 5.75 Å². The van der Waals surface area contributed by atoms with Crippen LogP contribution in [0, 0.1) is 11.3 Å². The monoisotopic (exact) mass is 306 g/mol. The van der Waals surface area contributed by atoms with Crippen molar-refractivity contribution in [2.75, 3.05) is 0 Å². The zero-order valence-electron chi connectivity index (χ0n) is 12.8. The van der Waals surface area contributed by atoms with Gasteiger partial charge in [-0.2, -0.15) is 0 Å². The lowest BCUT2D eigenvalue weighted by molar-refractivity contribution is -0.147. The summed E-state index contributed by atoms with van der Waals surface area (Å²) in [5, 5.41) is 30.3. The van der Waals surface area contributed by atoms with Crippen LogP contribution in [-0.4, -0.2) is 33.2 Å². The molecule has 4 rings (SSSR count). The van der Waals surface area contributed by atoms with E-state index in [0.717, 1.165) is 24.0 Å². The fourth-order valence-corrected chi connectivity index (χ4v) is 5.52. The molecule has 3 aliphatic carbocycles. The Morgan fingerprint density at radius 2 is 1.95 bits per heavy atom. The highest BCUT2D eigenvalue weighted by Gasteiger charge is 2.69. The number of halogens is 1. The van der Waals surface area contributed by atoms with Crippen LogP contribution in [-0.2, 0) is 6.42 Å². The quantitative estimate of drug-likeness (QED) is 0.690. The summed E-state index contributed by atoms with van der Waals surface area (Å²) in [6, 6.07) is 5.36. The molecule has 120 valence electrons. The van der Waals surface area contributed by atoms with Gasteiger partial charge in [0.1, 0.15) is 11.4 Å². The largest absolute Gasteiger partial charge is 0.508 e. The number of fused-ring (bicyclic) bond motifs is 5. The molecule has 0 amide bonds. The Kier molecular flexibility index (Phi) is 2.93. The lowest BCUT2D eigenvalue weighted by Crippen LogP contribution is -2.58. The van der Waals surface area contributed by atoms with Gasteiger partial charge in [-0.25, -0.2) is 4.39 Å². The first kappa shape index (κ1) is 14.5. The van der Waals surface area contributed by atoms with Crippen LogP contribution in [0.15, 0.2) is 18.2 Å². The molecule has 0 aliphatic heterocycles. The van der Waals surface area contributed by atoms with E-state index in [9.17, 15) is 15.3 Å². The van der Waals surface area contributed by atoms with Gasteiger partial charge in [-0.15, -0.1) is 0 Å². The summed E-state index contributed by atoms with van der Waals surface area (Å²) >= 11 is 0. The van der Waals surface area contributed by atoms with Gasteiger partial charge in [0.05, 0.1) is 12.2 Å². The average molecular weight is 306 g/mol. The van der Waals surface area contributed by atoms with E-state index in [0.29, 0.717) is 12.8 Å². The molecule has 0 saturated heterocycles. The fourth-order valence-electron chi connectivity index (χ4n) is 5.52. The Morgan fingerprint density at radius 1 is 1.18 bits per heavy atom. The zero-order valence-corrected chi connectivity index (χ0v) is 12.8. The van der Waals surface area contributed by atoms with Gasteiger partial charge in [0.15, 0.2) is 0 Å². The second-order valence-corrected chi connectivity index (χ2v) is 7.63. The van der Waals surface area contributed by atoms with Gasteiger partial charge in [-0.05, 0) is 54.9 Å². The van der Waals surface area contributed by atoms with Crippen molar-refractivity contribution in [2.45, 2.75) is 62.8 Å². The third kappa shape index (κ3) is 1.57. The van der Waals surface area contributed by atoms with Crippen LogP contribution in [0.2, 0.25) is 0 Å². The normalized spacial score (nSPS) is 46.7. The van der Waals surface area contributed by atoms with Crippen LogP contribution >= 0.6 is 0 Å². The third-order valence-electron chi connectivity index (χ3n) is 6.79. The summed E-state index contributed by atoms with van der Waals surface area (Å²) in [5.41, 5.74) is -0.351. The molecule has 0 bridgehead atoms. The molecule has 3 nitrogen and oxygen atoms in total. The second-order valence-electron chi connectivity index (χ2n) is 7.63. The highest BCUT2D eigenvalue weighted by molar-refractivity contribution is 5.41. The molecule has 2 saturated carbocycles. The minimum Gasteiger partial charge on any atom is -0.508 e. The summed E-state index contributed by atoms with van der Waals surface area (Å²) < 4.78 is 16.0. The Balaban J connectivity index is 1.79. The number of phenols is 1. The third-order valence-corrected chi connectivity index (χ3v) is 6.79. The van der Waals surface area contributed by atoms with Crippen molar-refractivity contribution >= 4 is 0 Å². The van der Waals surface area contributed by atoms with Crippen molar-refractivity contribution in [1.82, 2.24) is 0 Å². The van der Waals surface area contributed by atoms with Gasteiger partial charge in [0, 0.05) is 17.8 Å². The number of aromatic hydroxyl groups is 1. The summed E-state index contributed by atoms with van der Waals surface area (Å²) in [5.74, 6) is 0.0713. The van der Waals surface area contributed by atoms with Crippen molar-refractivity contribution < 1.29 is 19.7 Å². The topological polar surface area (TPSA) is 60.7 Å². The first-order chi connectivity index (χ1) is 10.4. The van der Waals surface area contributed by atoms with Crippen LogP contribution in [0.5, 0.6) is 5.75 Å². The van der Waals surface area contributed by atoms with Gasteiger partial charge >= 0.3 is 0 Å². The van der Waals surface area contributed by atoms with E-state index < -0.39 is 23.3 Å². The molecule has 3 N–H and O–H groups in total. The predicted molar refractivity (Wildman–Crippen MR) is 80.5 cm³/mol. The molecule has 22 heavy (non-hydrogen) atoms. The molecule has 4 heteroatoms. The molecular weight excluding hydrogens is 283 g/mol. The van der Waals surface area contributed by atoms with E-state index in [1.165, 1.54) is 0 Å². The SMILES string of the molecule is C[C@]12CC[C@@H]3c4ccc(O)cc4CC[C@H]3[C@@]1(F)[C@H](O)C[C@@H]2O. The van der Waals surface area contributed by atoms with Gasteiger partial charge in [0.25, 0.3) is 0 Å². The van der Waals surface area contributed by atoms with Crippen molar-refractivity contribution in [3.05, 3.63) is 29.3 Å². The molecule has 0 aromatic heterocycles. The maximum absolute atomic E-state index is 16.0. The van der Waals surface area contributed by atoms with Gasteiger partial charge in [-0.1, -0.05) is 13.0 Å². The maximum Gasteiger partial charge on any atom is 0.147 e. The summed E-state index contributed by atoms with van der Waals surface area (Å²) in [6.45, 7) is 1.80. The van der Waals surface area contributed by atoms with Crippen LogP contribution in [0.3, 0.4) is 0 Å². The minimum absolute atomic E-state index is 0.0716. The lowest BCUT2D eigenvalue weighted by Gasteiger charge is -2.54. The molecule has 6 atom stereocenters. The van der Waals surface area contributed by atoms with Crippen molar-refractivity contribution in [3.63, 3.8) is 0 Å². The van der Waals surface area contributed by atoms with Crippen LogP contribution < -0.4 is 0 Å². The second kappa shape index (κ2) is 4.45. The molecule has 0 radical (unpaired) electrons. The number of aliphatic hydroxyl groups excluding tert-OH is 2. The molecule has 2 fully saturated rings. The van der Waals surface area contributed by atoms with E-state index in [4.69, 9.17) is 0 Å². The molecular formula is C18H23FO3. The molecule has 0 unspecified atom stereocenters. The summed E-state index contributed by atoms with van der Waals surface area (Å²) in [4.78, 5) is 0. The molecule has 1 aromatic rings. The van der Waals surface area contributed by atoms with Crippen LogP contribution in [0.1, 0.15) is 49.7 Å². The summed E-state index contributed by atoms with van der Waals surface area (Å²) in [6.07, 6.45) is 1.08. The summed E-state index contributed by atoms with van der Waals surface area (Å²) in [7, 11) is 0. The first-order valence-corrected chi connectivity index (χ1v) is 8.25. The van der Waals surface area contributed by atoms with E-state index in [2.05, 4.69) is 0 Å². The van der Waals surface area contributed by atoms with Crippen LogP contribution in [0.25, 0.3) is 0 Å². The highest BCUT2D eigenvalue weighted by Crippen LogP contribution is 2.64. The Bertz CT molecular complexity index is 618. The smallest absolute Gasteiger partial charge is 0.147 e. The lowest BCUT2D eigenvalue weighted by atomic mass is 9.53. The number of aryl methyl sites for hydroxylation is 1. The minimum atomic E-state index is -1.72. The standard InChI is InChI=1S/C18H23FO3/c1-17-7-6-13-12-4-3-11(20)8-10(12)2-5-14(13)18(17,19)16(22)9-15(17)21/h3-4,8,13-16,20-22H,2,5-7,9H2,1H3/t13-,14-,15+,16-,17-,18-/m1/s1. The van der Waals surface area contributed by atoms with Crippen LogP contribution in [0.4, 0.5) is 4.39 Å². The number of aliphatic hydroxyl groups is 2. The van der Waals surface area contributed by atoms with Gasteiger partial charge in [-0.3, -0.25) is 0 Å². The number of phenolic OH excluding ortho intramolecular Hbond substituents is 1. The highest BCUT2D eigenvalue weighted by atomic mass is 19.1. The molecule has 0 spiro atoms. The van der Waals surface area contributed by atoms with Crippen molar-refractivity contribution in [1.29, 1.82) is 0 Å². The van der Waals surface area contributed by atoms with Gasteiger partial charge < -0.3 is 15.3 Å². The number of hydrogen-bond acceptors (Lipinski definition) is 3. The number of rotatable bonds is 0. The van der Waals surface area contributed by atoms with E-state index in [1.54, 1.807) is 19.1 Å². The zero-order chi connectivity index (χ0) is 15.7. The van der Waals surface area contributed by atoms with Crippen molar-refractivity contribution in [2.24, 2.45) is 11.3 Å². The van der Waals surface area contributed by atoms with E-state index in [1.807, 2.05) is 6.07 Å². The number of alkyl halides is 1. The maximum atomic E-state index is 16.0. The Hall–Kier alpha value is -1.13. The fraction of sp³-hybridized carbons (Fsp3) is 0.667. The van der Waals surface area contributed by atoms with Gasteiger partial charge in [0.2, 0.25) is 0 Å². The Morgan fingerprint density at radius 3 is 2.73 bits per heavy atom. The first-order valence-electron chi connectivity index (χ1n) is 8.25. The molecule has 0 heterocycles. The number of hydrogen-bond donors (Lipinski definition) is 3. The number of benzene rings is 1. The van der Waals surface area contributed by atoms with E-state index >= 15 is 4.39 Å². The van der Waals surface area contributed by atoms with E-state index in [-0.39, 0.29) is 24.0 Å². The average Bonchev–Trinajstić information content (AvgIpc) is 2.66. The molecule has 3 aliphatic rings. The predicted octanol–water partition coefficient (Wildman–Crippen LogP) is 2.67. The molecule has 1 aromatic carbocycles.